The van der Waals surface area contributed by atoms with Crippen LogP contribution in [0, 0.1) is 0 Å². The van der Waals surface area contributed by atoms with Crippen molar-refractivity contribution >= 4 is 62.0 Å². The third kappa shape index (κ3) is 4.62. The van der Waals surface area contributed by atoms with Crippen molar-refractivity contribution in [3.8, 4) is 0 Å². The summed E-state index contributed by atoms with van der Waals surface area (Å²) in [5.41, 5.74) is 4.19. The number of carboxylic acids is 1. The first-order valence-corrected chi connectivity index (χ1v) is 8.16. The van der Waals surface area contributed by atoms with Gasteiger partial charge in [0.15, 0.2) is 5.11 Å². The van der Waals surface area contributed by atoms with Gasteiger partial charge < -0.3 is 15.2 Å². The number of thiocarbonyl (C=S) groups is 1. The molecule has 0 aliphatic rings. The molecule has 114 valence electrons. The zero-order valence-electron chi connectivity index (χ0n) is 11.4. The van der Waals surface area contributed by atoms with Gasteiger partial charge in [-0.15, -0.1) is 11.3 Å². The molecule has 0 atom stereocenters. The maximum absolute atomic E-state index is 10.7. The summed E-state index contributed by atoms with van der Waals surface area (Å²) in [4.78, 5) is 11.6. The van der Waals surface area contributed by atoms with E-state index in [4.69, 9.17) is 12.2 Å². The maximum Gasteiger partial charge on any atom is 0.191 e. The monoisotopic (exact) mass is 396 g/mol. The molecule has 0 aliphatic heterocycles. The fourth-order valence-corrected chi connectivity index (χ4v) is 2.91. The summed E-state index contributed by atoms with van der Waals surface area (Å²) in [5, 5.41) is 18.2. The summed E-state index contributed by atoms with van der Waals surface area (Å²) in [5.74, 6) is -1.19. The average Bonchev–Trinajstić information content (AvgIpc) is 2.95. The van der Waals surface area contributed by atoms with Crippen molar-refractivity contribution in [1.82, 2.24) is 5.43 Å². The molecule has 5 nitrogen and oxygen atoms in total. The van der Waals surface area contributed by atoms with Crippen molar-refractivity contribution in [1.29, 1.82) is 0 Å². The highest BCUT2D eigenvalue weighted by Crippen LogP contribution is 2.17. The molecule has 0 aliphatic carbocycles. The van der Waals surface area contributed by atoms with Crippen LogP contribution in [0.1, 0.15) is 21.5 Å². The van der Waals surface area contributed by atoms with Crippen molar-refractivity contribution in [2.75, 3.05) is 5.32 Å². The topological polar surface area (TPSA) is 76.5 Å². The Balaban J connectivity index is 1.97. The largest absolute Gasteiger partial charge is 0.544 e. The minimum atomic E-state index is -1.19. The highest BCUT2D eigenvalue weighted by atomic mass is 79.9. The molecule has 0 saturated heterocycles. The lowest BCUT2D eigenvalue weighted by Crippen LogP contribution is -2.24. The van der Waals surface area contributed by atoms with Crippen LogP contribution in [0.4, 0.5) is 5.69 Å². The Morgan fingerprint density at radius 3 is 2.68 bits per heavy atom. The molecule has 1 aromatic heterocycles. The summed E-state index contributed by atoms with van der Waals surface area (Å²) in [7, 11) is 0. The number of aromatic carboxylic acids is 1. The zero-order chi connectivity index (χ0) is 16.1. The number of benzene rings is 1. The van der Waals surface area contributed by atoms with Gasteiger partial charge in [0.2, 0.25) is 0 Å². The molecular formula is C14H11BrN3O2S2-. The number of anilines is 1. The number of thiophene rings is 1. The molecule has 0 amide bonds. The molecule has 2 rings (SSSR count). The average molecular weight is 397 g/mol. The smallest absolute Gasteiger partial charge is 0.191 e. The second-order valence-corrected chi connectivity index (χ2v) is 6.63. The first-order chi connectivity index (χ1) is 10.5. The lowest BCUT2D eigenvalue weighted by molar-refractivity contribution is -0.254. The summed E-state index contributed by atoms with van der Waals surface area (Å²) in [6, 6.07) is 10.7. The van der Waals surface area contributed by atoms with Gasteiger partial charge in [0, 0.05) is 10.2 Å². The second-order valence-electron chi connectivity index (χ2n) is 4.22. The third-order valence-electron chi connectivity index (χ3n) is 2.57. The molecule has 0 unspecified atom stereocenters. The highest BCUT2D eigenvalue weighted by Gasteiger charge is 2.04. The van der Waals surface area contributed by atoms with Crippen molar-refractivity contribution in [2.45, 2.75) is 6.92 Å². The summed E-state index contributed by atoms with van der Waals surface area (Å²) in [6.07, 6.45) is 0. The van der Waals surface area contributed by atoms with Crippen LogP contribution in [0.25, 0.3) is 0 Å². The Hall–Kier alpha value is -1.77. The lowest BCUT2D eigenvalue weighted by Gasteiger charge is -2.07. The fraction of sp³-hybridized carbons (Fsp3) is 0.0714. The standard InChI is InChI=1S/C14H12BrN3O2S2/c1-8(11-5-6-12(22-11)13(19)20)17-18-14(21)16-10-4-2-3-9(15)7-10/h2-7H,1H3,(H,19,20)(H2,16,18,21)/p-1/b17-8-. The molecule has 8 heteroatoms. The normalized spacial score (nSPS) is 11.1. The van der Waals surface area contributed by atoms with Crippen molar-refractivity contribution < 1.29 is 9.90 Å². The van der Waals surface area contributed by atoms with Crippen molar-refractivity contribution in [3.63, 3.8) is 0 Å². The van der Waals surface area contributed by atoms with Crippen LogP contribution in [0.3, 0.4) is 0 Å². The molecule has 22 heavy (non-hydrogen) atoms. The molecule has 1 aromatic carbocycles. The van der Waals surface area contributed by atoms with Crippen LogP contribution in [0.15, 0.2) is 46.0 Å². The van der Waals surface area contributed by atoms with E-state index < -0.39 is 5.97 Å². The molecule has 1 heterocycles. The predicted octanol–water partition coefficient (Wildman–Crippen LogP) is 2.58. The fourth-order valence-electron chi connectivity index (χ4n) is 1.56. The molecule has 0 bridgehead atoms. The summed E-state index contributed by atoms with van der Waals surface area (Å²) >= 11 is 9.63. The van der Waals surface area contributed by atoms with E-state index in [-0.39, 0.29) is 4.88 Å². The SMILES string of the molecule is C/C(=N/NC(=S)Nc1cccc(Br)c1)c1ccc(C(=O)[O-])s1. The Morgan fingerprint density at radius 1 is 1.32 bits per heavy atom. The number of carbonyl (C=O) groups excluding carboxylic acids is 1. The van der Waals surface area contributed by atoms with Gasteiger partial charge in [-0.3, -0.25) is 5.43 Å². The highest BCUT2D eigenvalue weighted by molar-refractivity contribution is 9.10. The summed E-state index contributed by atoms with van der Waals surface area (Å²) < 4.78 is 0.938. The Labute approximate surface area is 145 Å². The number of hydrogen-bond donors (Lipinski definition) is 2. The van der Waals surface area contributed by atoms with E-state index in [1.54, 1.807) is 13.0 Å². The van der Waals surface area contributed by atoms with Gasteiger partial charge in [0.25, 0.3) is 0 Å². The number of nitrogens with zero attached hydrogens (tertiary/aromatic N) is 1. The molecule has 0 radical (unpaired) electrons. The number of nitrogens with one attached hydrogen (secondary N) is 2. The zero-order valence-corrected chi connectivity index (χ0v) is 14.6. The molecular weight excluding hydrogens is 386 g/mol. The van der Waals surface area contributed by atoms with Gasteiger partial charge in [-0.05, 0) is 49.5 Å². The molecule has 2 aromatic rings. The molecule has 2 N–H and O–H groups in total. The number of carbonyl (C=O) groups is 1. The number of rotatable bonds is 4. The van der Waals surface area contributed by atoms with Crippen LogP contribution in [-0.2, 0) is 0 Å². The van der Waals surface area contributed by atoms with Gasteiger partial charge in [-0.25, -0.2) is 0 Å². The van der Waals surface area contributed by atoms with E-state index >= 15 is 0 Å². The number of carboxylic acid groups (broad SMARTS) is 1. The number of hydrogen-bond acceptors (Lipinski definition) is 5. The maximum atomic E-state index is 10.7. The van der Waals surface area contributed by atoms with Gasteiger partial charge in [-0.1, -0.05) is 22.0 Å². The van der Waals surface area contributed by atoms with Gasteiger partial charge in [-0.2, -0.15) is 5.10 Å². The van der Waals surface area contributed by atoms with E-state index in [2.05, 4.69) is 31.8 Å². The first kappa shape index (κ1) is 16.6. The van der Waals surface area contributed by atoms with E-state index in [0.717, 1.165) is 26.4 Å². The van der Waals surface area contributed by atoms with Crippen LogP contribution >= 0.6 is 39.5 Å². The van der Waals surface area contributed by atoms with E-state index in [9.17, 15) is 9.90 Å². The quantitative estimate of drug-likeness (QED) is 0.471. The van der Waals surface area contributed by atoms with Gasteiger partial charge in [0.1, 0.15) is 0 Å². The third-order valence-corrected chi connectivity index (χ3v) is 4.43. The predicted molar refractivity (Wildman–Crippen MR) is 94.4 cm³/mol. The minimum absolute atomic E-state index is 0.166. The lowest BCUT2D eigenvalue weighted by atomic mass is 10.3. The van der Waals surface area contributed by atoms with Gasteiger partial charge in [0.05, 0.1) is 21.4 Å². The van der Waals surface area contributed by atoms with Gasteiger partial charge >= 0.3 is 0 Å². The Morgan fingerprint density at radius 2 is 2.05 bits per heavy atom. The van der Waals surface area contributed by atoms with E-state index in [0.29, 0.717) is 10.8 Å². The Bertz CT molecular complexity index is 743. The minimum Gasteiger partial charge on any atom is -0.544 e. The first-order valence-electron chi connectivity index (χ1n) is 6.14. The molecule has 0 saturated carbocycles. The van der Waals surface area contributed by atoms with Crippen LogP contribution in [-0.4, -0.2) is 16.8 Å². The Kier molecular flexibility index (Phi) is 5.64. The van der Waals surface area contributed by atoms with Crippen LogP contribution in [0.5, 0.6) is 0 Å². The number of hydrazone groups is 1. The second kappa shape index (κ2) is 7.48. The van der Waals surface area contributed by atoms with Crippen molar-refractivity contribution in [2.24, 2.45) is 5.10 Å². The molecule has 0 spiro atoms. The van der Waals surface area contributed by atoms with Crippen LogP contribution < -0.4 is 15.8 Å². The summed E-state index contributed by atoms with van der Waals surface area (Å²) in [6.45, 7) is 1.76. The van der Waals surface area contributed by atoms with Crippen molar-refractivity contribution in [3.05, 3.63) is 50.6 Å². The molecule has 0 fully saturated rings. The van der Waals surface area contributed by atoms with Crippen LogP contribution in [0.2, 0.25) is 0 Å². The van der Waals surface area contributed by atoms with E-state index in [1.807, 2.05) is 24.3 Å². The number of halogens is 1. The van der Waals surface area contributed by atoms with E-state index in [1.165, 1.54) is 6.07 Å².